The van der Waals surface area contributed by atoms with Gasteiger partial charge < -0.3 is 4.74 Å². The van der Waals surface area contributed by atoms with E-state index in [1.54, 1.807) is 13.2 Å². The number of benzene rings is 2. The minimum absolute atomic E-state index is 0.693. The number of methoxy groups -OCH3 is 1. The van der Waals surface area contributed by atoms with Crippen LogP contribution in [0.25, 0.3) is 0 Å². The summed E-state index contributed by atoms with van der Waals surface area (Å²) in [6.07, 6.45) is 7.91. The first kappa shape index (κ1) is 16.3. The highest BCUT2D eigenvalue weighted by molar-refractivity contribution is 5.76. The SMILES string of the molecule is COc1cc(C=O)cc(CCCCCCc2ccccc2)c1. The lowest BCUT2D eigenvalue weighted by Gasteiger charge is -2.06. The van der Waals surface area contributed by atoms with E-state index in [2.05, 4.69) is 30.3 Å². The Morgan fingerprint density at radius 2 is 1.55 bits per heavy atom. The van der Waals surface area contributed by atoms with Crippen LogP contribution in [-0.4, -0.2) is 13.4 Å². The Labute approximate surface area is 133 Å². The molecule has 0 saturated heterocycles. The fourth-order valence-corrected chi connectivity index (χ4v) is 2.67. The van der Waals surface area contributed by atoms with Crippen LogP contribution in [0.1, 0.15) is 47.2 Å². The number of carbonyl (C=O) groups is 1. The molecule has 2 aromatic carbocycles. The summed E-state index contributed by atoms with van der Waals surface area (Å²) in [5.41, 5.74) is 3.30. The highest BCUT2D eigenvalue weighted by Gasteiger charge is 2.01. The molecule has 0 spiro atoms. The molecule has 2 aromatic rings. The second-order valence-electron chi connectivity index (χ2n) is 5.63. The zero-order chi connectivity index (χ0) is 15.6. The molecule has 0 heterocycles. The molecule has 0 atom stereocenters. The summed E-state index contributed by atoms with van der Waals surface area (Å²) in [5, 5.41) is 0. The highest BCUT2D eigenvalue weighted by atomic mass is 16.5. The predicted octanol–water partition coefficient (Wildman–Crippen LogP) is 4.85. The van der Waals surface area contributed by atoms with Crippen molar-refractivity contribution >= 4 is 6.29 Å². The van der Waals surface area contributed by atoms with E-state index in [-0.39, 0.29) is 0 Å². The minimum Gasteiger partial charge on any atom is -0.497 e. The van der Waals surface area contributed by atoms with E-state index >= 15 is 0 Å². The Bertz CT molecular complexity index is 576. The van der Waals surface area contributed by atoms with E-state index < -0.39 is 0 Å². The van der Waals surface area contributed by atoms with Gasteiger partial charge in [-0.1, -0.05) is 43.2 Å². The molecule has 0 aliphatic carbocycles. The van der Waals surface area contributed by atoms with Crippen LogP contribution in [0.4, 0.5) is 0 Å². The van der Waals surface area contributed by atoms with Gasteiger partial charge in [-0.3, -0.25) is 4.79 Å². The van der Waals surface area contributed by atoms with Gasteiger partial charge >= 0.3 is 0 Å². The van der Waals surface area contributed by atoms with E-state index in [9.17, 15) is 4.79 Å². The molecule has 22 heavy (non-hydrogen) atoms. The Morgan fingerprint density at radius 1 is 0.864 bits per heavy atom. The molecular weight excluding hydrogens is 272 g/mol. The number of aryl methyl sites for hydroxylation is 2. The number of rotatable bonds is 9. The number of aldehydes is 1. The molecule has 0 fully saturated rings. The lowest BCUT2D eigenvalue weighted by atomic mass is 10.0. The lowest BCUT2D eigenvalue weighted by Crippen LogP contribution is -1.93. The molecule has 116 valence electrons. The van der Waals surface area contributed by atoms with E-state index in [0.29, 0.717) is 5.56 Å². The van der Waals surface area contributed by atoms with Crippen molar-refractivity contribution in [3.05, 3.63) is 65.2 Å². The molecule has 0 N–H and O–H groups in total. The van der Waals surface area contributed by atoms with E-state index in [4.69, 9.17) is 4.74 Å². The van der Waals surface area contributed by atoms with E-state index in [1.807, 2.05) is 12.1 Å². The van der Waals surface area contributed by atoms with Crippen molar-refractivity contribution in [3.63, 3.8) is 0 Å². The van der Waals surface area contributed by atoms with Gasteiger partial charge in [0.25, 0.3) is 0 Å². The fraction of sp³-hybridized carbons (Fsp3) is 0.350. The van der Waals surface area contributed by atoms with Crippen molar-refractivity contribution in [1.29, 1.82) is 0 Å². The van der Waals surface area contributed by atoms with Crippen LogP contribution >= 0.6 is 0 Å². The molecule has 0 saturated carbocycles. The Balaban J connectivity index is 1.69. The van der Waals surface area contributed by atoms with Crippen molar-refractivity contribution in [3.8, 4) is 5.75 Å². The van der Waals surface area contributed by atoms with E-state index in [1.165, 1.54) is 30.4 Å². The van der Waals surface area contributed by atoms with Crippen LogP contribution < -0.4 is 4.74 Å². The van der Waals surface area contributed by atoms with Crippen LogP contribution in [0.2, 0.25) is 0 Å². The minimum atomic E-state index is 0.693. The maximum absolute atomic E-state index is 10.9. The third-order valence-corrected chi connectivity index (χ3v) is 3.88. The van der Waals surface area contributed by atoms with Crippen molar-refractivity contribution in [1.82, 2.24) is 0 Å². The van der Waals surface area contributed by atoms with E-state index in [0.717, 1.165) is 31.3 Å². The summed E-state index contributed by atoms with van der Waals surface area (Å²) < 4.78 is 5.23. The molecule has 0 aliphatic rings. The molecule has 2 heteroatoms. The van der Waals surface area contributed by atoms with Gasteiger partial charge in [-0.05, 0) is 55.0 Å². The van der Waals surface area contributed by atoms with Crippen molar-refractivity contribution < 1.29 is 9.53 Å². The monoisotopic (exact) mass is 296 g/mol. The topological polar surface area (TPSA) is 26.3 Å². The van der Waals surface area contributed by atoms with Crippen molar-refractivity contribution in [2.45, 2.75) is 38.5 Å². The zero-order valence-corrected chi connectivity index (χ0v) is 13.3. The molecule has 0 amide bonds. The summed E-state index contributed by atoms with van der Waals surface area (Å²) >= 11 is 0. The molecule has 0 unspecified atom stereocenters. The first-order chi connectivity index (χ1) is 10.8. The Morgan fingerprint density at radius 3 is 2.18 bits per heavy atom. The van der Waals surface area contributed by atoms with Crippen LogP contribution in [0.5, 0.6) is 5.75 Å². The fourth-order valence-electron chi connectivity index (χ4n) is 2.67. The highest BCUT2D eigenvalue weighted by Crippen LogP contribution is 2.18. The number of hydrogen-bond donors (Lipinski definition) is 0. The average molecular weight is 296 g/mol. The summed E-state index contributed by atoms with van der Waals surface area (Å²) in [6.45, 7) is 0. The summed E-state index contributed by atoms with van der Waals surface area (Å²) in [7, 11) is 1.64. The maximum Gasteiger partial charge on any atom is 0.150 e. The number of unbranched alkanes of at least 4 members (excludes halogenated alkanes) is 3. The Hall–Kier alpha value is -2.09. The van der Waals surface area contributed by atoms with Gasteiger partial charge in [-0.2, -0.15) is 0 Å². The van der Waals surface area contributed by atoms with Crippen LogP contribution in [0.15, 0.2) is 48.5 Å². The standard InChI is InChI=1S/C20H24O2/c1-22-20-14-18(13-19(15-20)16-21)12-6-3-2-5-9-17-10-7-4-8-11-17/h4,7-8,10-11,13-16H,2-3,5-6,9,12H2,1H3. The first-order valence-electron chi connectivity index (χ1n) is 7.99. The third kappa shape index (κ3) is 5.36. The molecule has 2 nitrogen and oxygen atoms in total. The number of carbonyl (C=O) groups excluding carboxylic acids is 1. The van der Waals surface area contributed by atoms with Gasteiger partial charge in [-0.25, -0.2) is 0 Å². The molecule has 0 radical (unpaired) electrons. The molecule has 0 bridgehead atoms. The smallest absolute Gasteiger partial charge is 0.150 e. The summed E-state index contributed by atoms with van der Waals surface area (Å²) in [6, 6.07) is 16.4. The van der Waals surface area contributed by atoms with Crippen LogP contribution in [0, 0.1) is 0 Å². The second kappa shape index (κ2) is 9.04. The second-order valence-corrected chi connectivity index (χ2v) is 5.63. The predicted molar refractivity (Wildman–Crippen MR) is 90.7 cm³/mol. The van der Waals surface area contributed by atoms with Crippen molar-refractivity contribution in [2.75, 3.05) is 7.11 Å². The third-order valence-electron chi connectivity index (χ3n) is 3.88. The summed E-state index contributed by atoms with van der Waals surface area (Å²) in [5.74, 6) is 0.767. The van der Waals surface area contributed by atoms with Gasteiger partial charge in [0, 0.05) is 5.56 Å². The molecule has 2 rings (SSSR count). The first-order valence-corrected chi connectivity index (χ1v) is 7.99. The van der Waals surface area contributed by atoms with Crippen LogP contribution in [0.3, 0.4) is 0 Å². The normalized spacial score (nSPS) is 10.4. The lowest BCUT2D eigenvalue weighted by molar-refractivity contribution is 0.112. The van der Waals surface area contributed by atoms with Gasteiger partial charge in [0.15, 0.2) is 0 Å². The van der Waals surface area contributed by atoms with Gasteiger partial charge in [0.2, 0.25) is 0 Å². The van der Waals surface area contributed by atoms with Crippen LogP contribution in [-0.2, 0) is 12.8 Å². The molecule has 0 aromatic heterocycles. The molecular formula is C20H24O2. The zero-order valence-electron chi connectivity index (χ0n) is 13.3. The van der Waals surface area contributed by atoms with Gasteiger partial charge in [0.1, 0.15) is 12.0 Å². The van der Waals surface area contributed by atoms with Crippen molar-refractivity contribution in [2.24, 2.45) is 0 Å². The molecule has 0 aliphatic heterocycles. The van der Waals surface area contributed by atoms with Gasteiger partial charge in [0.05, 0.1) is 7.11 Å². The largest absolute Gasteiger partial charge is 0.497 e. The number of hydrogen-bond acceptors (Lipinski definition) is 2. The maximum atomic E-state index is 10.9. The average Bonchev–Trinajstić information content (AvgIpc) is 2.58. The van der Waals surface area contributed by atoms with Gasteiger partial charge in [-0.15, -0.1) is 0 Å². The number of ether oxygens (including phenoxy) is 1. The summed E-state index contributed by atoms with van der Waals surface area (Å²) in [4.78, 5) is 10.9. The quantitative estimate of drug-likeness (QED) is 0.488. The Kier molecular flexibility index (Phi) is 6.69.